The van der Waals surface area contributed by atoms with E-state index in [4.69, 9.17) is 5.11 Å². The summed E-state index contributed by atoms with van der Waals surface area (Å²) in [5.41, 5.74) is 0.0668. The summed E-state index contributed by atoms with van der Waals surface area (Å²) in [6.07, 6.45) is 0. The molecule has 1 unspecified atom stereocenters. The molecule has 3 N–H and O–H groups in total. The second-order valence-corrected chi connectivity index (χ2v) is 4.56. The van der Waals surface area contributed by atoms with E-state index in [1.54, 1.807) is 6.92 Å². The summed E-state index contributed by atoms with van der Waals surface area (Å²) in [7, 11) is 0. The molecule has 0 fully saturated rings. The molecule has 0 radical (unpaired) electrons. The number of amides is 1. The summed E-state index contributed by atoms with van der Waals surface area (Å²) in [4.78, 5) is 22.8. The van der Waals surface area contributed by atoms with Crippen LogP contribution in [0.15, 0.2) is 18.2 Å². The van der Waals surface area contributed by atoms with Gasteiger partial charge in [-0.2, -0.15) is 0 Å². The largest absolute Gasteiger partial charge is 0.508 e. The highest BCUT2D eigenvalue weighted by atomic mass is 16.4. The Balaban J connectivity index is 2.98. The van der Waals surface area contributed by atoms with Crippen molar-refractivity contribution < 1.29 is 19.8 Å². The number of carboxylic acid groups (broad SMARTS) is 1. The van der Waals surface area contributed by atoms with Crippen molar-refractivity contribution in [3.8, 4) is 5.75 Å². The molecule has 1 aromatic carbocycles. The molecule has 98 valence electrons. The fraction of sp³-hybridized carbons (Fsp3) is 0.385. The lowest BCUT2D eigenvalue weighted by Gasteiger charge is -2.16. The van der Waals surface area contributed by atoms with Gasteiger partial charge in [-0.15, -0.1) is 0 Å². The maximum Gasteiger partial charge on any atom is 0.337 e. The summed E-state index contributed by atoms with van der Waals surface area (Å²) in [6.45, 7) is 5.61. The molecule has 0 saturated carbocycles. The number of hydrogen-bond donors (Lipinski definition) is 3. The van der Waals surface area contributed by atoms with Crippen molar-refractivity contribution >= 4 is 17.6 Å². The average molecular weight is 251 g/mol. The zero-order chi connectivity index (χ0) is 13.9. The van der Waals surface area contributed by atoms with Gasteiger partial charge in [-0.3, -0.25) is 4.79 Å². The van der Waals surface area contributed by atoms with E-state index in [1.165, 1.54) is 12.1 Å². The molecule has 0 aromatic heterocycles. The van der Waals surface area contributed by atoms with Crippen molar-refractivity contribution in [1.29, 1.82) is 0 Å². The van der Waals surface area contributed by atoms with Crippen LogP contribution in [-0.4, -0.2) is 22.1 Å². The Hall–Kier alpha value is -2.04. The lowest BCUT2D eigenvalue weighted by atomic mass is 9.97. The van der Waals surface area contributed by atoms with Crippen LogP contribution in [0.25, 0.3) is 0 Å². The highest BCUT2D eigenvalue weighted by molar-refractivity contribution is 6.01. The van der Waals surface area contributed by atoms with Crippen LogP contribution in [0.3, 0.4) is 0 Å². The monoisotopic (exact) mass is 251 g/mol. The van der Waals surface area contributed by atoms with Crippen molar-refractivity contribution in [3.63, 3.8) is 0 Å². The van der Waals surface area contributed by atoms with Crippen molar-refractivity contribution in [2.75, 3.05) is 5.32 Å². The van der Waals surface area contributed by atoms with Gasteiger partial charge < -0.3 is 15.5 Å². The first kappa shape index (κ1) is 14.0. The van der Waals surface area contributed by atoms with Crippen LogP contribution < -0.4 is 5.32 Å². The molecule has 18 heavy (non-hydrogen) atoms. The van der Waals surface area contributed by atoms with Crippen molar-refractivity contribution in [3.05, 3.63) is 23.8 Å². The summed E-state index contributed by atoms with van der Waals surface area (Å²) >= 11 is 0. The number of carbonyl (C=O) groups is 2. The summed E-state index contributed by atoms with van der Waals surface area (Å²) < 4.78 is 0. The van der Waals surface area contributed by atoms with Gasteiger partial charge in [0.05, 0.1) is 11.3 Å². The Bertz CT molecular complexity index is 468. The van der Waals surface area contributed by atoms with E-state index in [1.807, 2.05) is 13.8 Å². The van der Waals surface area contributed by atoms with E-state index in [-0.39, 0.29) is 34.7 Å². The number of carboxylic acids is 1. The number of aromatic carboxylic acids is 1. The van der Waals surface area contributed by atoms with Crippen LogP contribution in [0.4, 0.5) is 5.69 Å². The minimum atomic E-state index is -1.20. The number of anilines is 1. The third kappa shape index (κ3) is 3.23. The van der Waals surface area contributed by atoms with Crippen LogP contribution in [0.5, 0.6) is 5.75 Å². The number of rotatable bonds is 4. The molecule has 5 nitrogen and oxygen atoms in total. The lowest BCUT2D eigenvalue weighted by molar-refractivity contribution is -0.120. The minimum absolute atomic E-state index is 0.126. The number of hydrogen-bond acceptors (Lipinski definition) is 3. The number of phenolic OH excluding ortho intramolecular Hbond substituents is 1. The lowest BCUT2D eigenvalue weighted by Crippen LogP contribution is -2.25. The average Bonchev–Trinajstić information content (AvgIpc) is 2.29. The van der Waals surface area contributed by atoms with Gasteiger partial charge in [0.25, 0.3) is 0 Å². The molecular formula is C13H17NO4. The number of aromatic hydroxyl groups is 1. The van der Waals surface area contributed by atoms with Crippen molar-refractivity contribution in [2.24, 2.45) is 11.8 Å². The fourth-order valence-corrected chi connectivity index (χ4v) is 1.37. The van der Waals surface area contributed by atoms with Crippen molar-refractivity contribution in [2.45, 2.75) is 20.8 Å². The fourth-order valence-electron chi connectivity index (χ4n) is 1.37. The van der Waals surface area contributed by atoms with Gasteiger partial charge >= 0.3 is 5.97 Å². The Labute approximate surface area is 105 Å². The van der Waals surface area contributed by atoms with E-state index >= 15 is 0 Å². The molecule has 0 spiro atoms. The first-order chi connectivity index (χ1) is 8.32. The minimum Gasteiger partial charge on any atom is -0.508 e. The normalized spacial score (nSPS) is 12.2. The molecule has 0 heterocycles. The van der Waals surface area contributed by atoms with Crippen LogP contribution in [0, 0.1) is 11.8 Å². The van der Waals surface area contributed by atoms with Gasteiger partial charge in [0.1, 0.15) is 5.75 Å². The molecule has 1 aromatic rings. The topological polar surface area (TPSA) is 86.6 Å². The zero-order valence-electron chi connectivity index (χ0n) is 10.6. The molecule has 1 amide bonds. The van der Waals surface area contributed by atoms with Gasteiger partial charge in [0, 0.05) is 5.92 Å². The zero-order valence-corrected chi connectivity index (χ0v) is 10.6. The molecule has 0 saturated heterocycles. The van der Waals surface area contributed by atoms with E-state index < -0.39 is 5.97 Å². The number of benzene rings is 1. The SMILES string of the molecule is CC(C)C(C)C(=O)Nc1ccc(O)cc1C(=O)O. The smallest absolute Gasteiger partial charge is 0.337 e. The van der Waals surface area contributed by atoms with Gasteiger partial charge in [0.2, 0.25) is 5.91 Å². The Morgan fingerprint density at radius 3 is 2.33 bits per heavy atom. The van der Waals surface area contributed by atoms with Crippen LogP contribution >= 0.6 is 0 Å². The predicted octanol–water partition coefficient (Wildman–Crippen LogP) is 2.32. The number of nitrogens with one attached hydrogen (secondary N) is 1. The number of carbonyl (C=O) groups excluding carboxylic acids is 1. The van der Waals surface area contributed by atoms with Gasteiger partial charge in [-0.1, -0.05) is 20.8 Å². The molecule has 1 atom stereocenters. The first-order valence-electron chi connectivity index (χ1n) is 5.70. The summed E-state index contributed by atoms with van der Waals surface area (Å²) in [5.74, 6) is -1.64. The molecule has 5 heteroatoms. The molecular weight excluding hydrogens is 234 g/mol. The predicted molar refractivity (Wildman–Crippen MR) is 67.7 cm³/mol. The standard InChI is InChI=1S/C13H17NO4/c1-7(2)8(3)12(16)14-11-5-4-9(15)6-10(11)13(17)18/h4-8,15H,1-3H3,(H,14,16)(H,17,18). The third-order valence-electron chi connectivity index (χ3n) is 2.90. The maximum absolute atomic E-state index is 11.8. The molecule has 0 aliphatic rings. The van der Waals surface area contributed by atoms with E-state index in [9.17, 15) is 14.7 Å². The summed E-state index contributed by atoms with van der Waals surface area (Å²) in [6, 6.07) is 3.82. The van der Waals surface area contributed by atoms with Crippen LogP contribution in [0.1, 0.15) is 31.1 Å². The van der Waals surface area contributed by atoms with E-state index in [2.05, 4.69) is 5.32 Å². The van der Waals surface area contributed by atoms with Gasteiger partial charge in [0.15, 0.2) is 0 Å². The Morgan fingerprint density at radius 2 is 1.83 bits per heavy atom. The molecule has 0 aliphatic heterocycles. The molecule has 0 aliphatic carbocycles. The van der Waals surface area contributed by atoms with Crippen LogP contribution in [0.2, 0.25) is 0 Å². The molecule has 0 bridgehead atoms. The Kier molecular flexibility index (Phi) is 4.31. The third-order valence-corrected chi connectivity index (χ3v) is 2.90. The Morgan fingerprint density at radius 1 is 1.22 bits per heavy atom. The van der Waals surface area contributed by atoms with Crippen molar-refractivity contribution in [1.82, 2.24) is 0 Å². The first-order valence-corrected chi connectivity index (χ1v) is 5.70. The summed E-state index contributed by atoms with van der Waals surface area (Å²) in [5, 5.41) is 20.8. The second-order valence-electron chi connectivity index (χ2n) is 4.56. The van der Waals surface area contributed by atoms with E-state index in [0.717, 1.165) is 6.07 Å². The highest BCUT2D eigenvalue weighted by Gasteiger charge is 2.19. The maximum atomic E-state index is 11.8. The van der Waals surface area contributed by atoms with Crippen LogP contribution in [-0.2, 0) is 4.79 Å². The van der Waals surface area contributed by atoms with Gasteiger partial charge in [-0.25, -0.2) is 4.79 Å². The number of phenols is 1. The van der Waals surface area contributed by atoms with E-state index in [0.29, 0.717) is 0 Å². The van der Waals surface area contributed by atoms with Gasteiger partial charge in [-0.05, 0) is 24.1 Å². The quantitative estimate of drug-likeness (QED) is 0.717. The second kappa shape index (κ2) is 5.53. The highest BCUT2D eigenvalue weighted by Crippen LogP contribution is 2.22. The molecule has 1 rings (SSSR count).